The van der Waals surface area contributed by atoms with Crippen molar-refractivity contribution < 1.29 is 4.52 Å². The number of nitrogens with two attached hydrogens (primary N) is 1. The predicted octanol–water partition coefficient (Wildman–Crippen LogP) is 3.06. The number of rotatable bonds is 5. The zero-order valence-electron chi connectivity index (χ0n) is 12.4. The molecule has 0 aliphatic rings. The molecule has 1 aromatic carbocycles. The molecule has 0 spiro atoms. The lowest BCUT2D eigenvalue weighted by Crippen LogP contribution is -2.08. The summed E-state index contributed by atoms with van der Waals surface area (Å²) in [5.41, 5.74) is 1.88. The maximum atomic E-state index is 6.00. The monoisotopic (exact) mass is 315 g/mol. The Kier molecular flexibility index (Phi) is 4.15. The van der Waals surface area contributed by atoms with Crippen molar-refractivity contribution >= 4 is 11.8 Å². The van der Waals surface area contributed by atoms with Gasteiger partial charge in [-0.3, -0.25) is 0 Å². The molecule has 0 aliphatic carbocycles. The Morgan fingerprint density at radius 3 is 2.73 bits per heavy atom. The SMILES string of the molecule is CCc1noc([C@H](C)Sc2nc(-c3ccccc3)cn2N)n1. The third-order valence-corrected chi connectivity index (χ3v) is 4.27. The summed E-state index contributed by atoms with van der Waals surface area (Å²) in [7, 11) is 0. The van der Waals surface area contributed by atoms with Crippen molar-refractivity contribution in [1.82, 2.24) is 19.8 Å². The fraction of sp³-hybridized carbons (Fsp3) is 0.267. The van der Waals surface area contributed by atoms with E-state index in [4.69, 9.17) is 10.4 Å². The van der Waals surface area contributed by atoms with Crippen LogP contribution < -0.4 is 5.84 Å². The minimum atomic E-state index is -0.0128. The summed E-state index contributed by atoms with van der Waals surface area (Å²) in [5.74, 6) is 7.30. The summed E-state index contributed by atoms with van der Waals surface area (Å²) in [6, 6.07) is 9.94. The van der Waals surface area contributed by atoms with E-state index >= 15 is 0 Å². The molecule has 7 heteroatoms. The van der Waals surface area contributed by atoms with Gasteiger partial charge < -0.3 is 10.4 Å². The average molecular weight is 315 g/mol. The molecule has 0 amide bonds. The van der Waals surface area contributed by atoms with Crippen molar-refractivity contribution in [1.29, 1.82) is 0 Å². The van der Waals surface area contributed by atoms with E-state index in [-0.39, 0.29) is 5.25 Å². The maximum Gasteiger partial charge on any atom is 0.239 e. The van der Waals surface area contributed by atoms with Crippen LogP contribution in [0.5, 0.6) is 0 Å². The topological polar surface area (TPSA) is 82.8 Å². The van der Waals surface area contributed by atoms with E-state index in [2.05, 4.69) is 15.1 Å². The van der Waals surface area contributed by atoms with Crippen LogP contribution in [0.2, 0.25) is 0 Å². The zero-order valence-corrected chi connectivity index (χ0v) is 13.2. The minimum Gasteiger partial charge on any atom is -0.338 e. The number of benzene rings is 1. The molecular weight excluding hydrogens is 298 g/mol. The van der Waals surface area contributed by atoms with Gasteiger partial charge in [-0.2, -0.15) is 4.98 Å². The summed E-state index contributed by atoms with van der Waals surface area (Å²) < 4.78 is 6.79. The van der Waals surface area contributed by atoms with E-state index in [1.807, 2.05) is 50.4 Å². The van der Waals surface area contributed by atoms with E-state index < -0.39 is 0 Å². The molecule has 0 aliphatic heterocycles. The first kappa shape index (κ1) is 14.6. The van der Waals surface area contributed by atoms with Gasteiger partial charge in [-0.1, -0.05) is 54.2 Å². The molecule has 3 rings (SSSR count). The van der Waals surface area contributed by atoms with E-state index in [1.54, 1.807) is 0 Å². The summed E-state index contributed by atoms with van der Waals surface area (Å²) in [6.45, 7) is 3.99. The van der Waals surface area contributed by atoms with Crippen molar-refractivity contribution in [2.45, 2.75) is 30.7 Å². The molecule has 0 unspecified atom stereocenters. The minimum absolute atomic E-state index is 0.0128. The lowest BCUT2D eigenvalue weighted by Gasteiger charge is -2.05. The van der Waals surface area contributed by atoms with Gasteiger partial charge in [0.1, 0.15) is 0 Å². The largest absolute Gasteiger partial charge is 0.338 e. The standard InChI is InChI=1S/C15H17N5OS/c1-3-13-18-14(21-19-13)10(2)22-15-17-12(9-20(15)16)11-7-5-4-6-8-11/h4-10H,3,16H2,1-2H3/t10-/m0/s1. The van der Waals surface area contributed by atoms with Crippen LogP contribution in [0.3, 0.4) is 0 Å². The smallest absolute Gasteiger partial charge is 0.239 e. The van der Waals surface area contributed by atoms with Gasteiger partial charge in [0.25, 0.3) is 0 Å². The molecule has 0 saturated carbocycles. The molecule has 2 N–H and O–H groups in total. The summed E-state index contributed by atoms with van der Waals surface area (Å²) in [6.07, 6.45) is 2.57. The molecule has 6 nitrogen and oxygen atoms in total. The number of thioether (sulfide) groups is 1. The maximum absolute atomic E-state index is 6.00. The Morgan fingerprint density at radius 2 is 2.05 bits per heavy atom. The van der Waals surface area contributed by atoms with E-state index in [0.29, 0.717) is 16.9 Å². The lowest BCUT2D eigenvalue weighted by atomic mass is 10.2. The molecule has 114 valence electrons. The second-order valence-corrected chi connectivity index (χ2v) is 6.15. The van der Waals surface area contributed by atoms with Gasteiger partial charge in [0.05, 0.1) is 17.1 Å². The van der Waals surface area contributed by atoms with Gasteiger partial charge in [-0.05, 0) is 6.92 Å². The fourth-order valence-corrected chi connectivity index (χ4v) is 2.83. The Hall–Kier alpha value is -2.28. The van der Waals surface area contributed by atoms with Gasteiger partial charge in [0.2, 0.25) is 5.89 Å². The van der Waals surface area contributed by atoms with Crippen molar-refractivity contribution in [3.05, 3.63) is 48.2 Å². The normalized spacial score (nSPS) is 12.5. The number of imidazole rings is 1. The number of aryl methyl sites for hydroxylation is 1. The fourth-order valence-electron chi connectivity index (χ4n) is 2.00. The number of aromatic nitrogens is 4. The molecule has 0 saturated heterocycles. The van der Waals surface area contributed by atoms with Crippen molar-refractivity contribution in [2.24, 2.45) is 0 Å². The van der Waals surface area contributed by atoms with Crippen LogP contribution in [0.1, 0.15) is 30.8 Å². The van der Waals surface area contributed by atoms with E-state index in [0.717, 1.165) is 17.7 Å². The summed E-state index contributed by atoms with van der Waals surface area (Å²) >= 11 is 1.49. The van der Waals surface area contributed by atoms with Gasteiger partial charge >= 0.3 is 0 Å². The highest BCUT2D eigenvalue weighted by molar-refractivity contribution is 7.99. The van der Waals surface area contributed by atoms with Crippen LogP contribution in [0, 0.1) is 0 Å². The van der Waals surface area contributed by atoms with Gasteiger partial charge in [0, 0.05) is 12.0 Å². The Bertz CT molecular complexity index is 752. The average Bonchev–Trinajstić information content (AvgIpc) is 3.15. The van der Waals surface area contributed by atoms with Crippen LogP contribution in [0.25, 0.3) is 11.3 Å². The second-order valence-electron chi connectivity index (χ2n) is 4.84. The lowest BCUT2D eigenvalue weighted by molar-refractivity contribution is 0.375. The quantitative estimate of drug-likeness (QED) is 0.575. The third kappa shape index (κ3) is 2.99. The highest BCUT2D eigenvalue weighted by Crippen LogP contribution is 2.34. The first-order chi connectivity index (χ1) is 10.7. The molecule has 3 aromatic rings. The first-order valence-electron chi connectivity index (χ1n) is 7.06. The Morgan fingerprint density at radius 1 is 1.27 bits per heavy atom. The van der Waals surface area contributed by atoms with Crippen LogP contribution in [0.4, 0.5) is 0 Å². The van der Waals surface area contributed by atoms with Crippen LogP contribution in [-0.4, -0.2) is 19.8 Å². The van der Waals surface area contributed by atoms with Crippen molar-refractivity contribution in [2.75, 3.05) is 5.84 Å². The van der Waals surface area contributed by atoms with Crippen molar-refractivity contribution in [3.63, 3.8) is 0 Å². The summed E-state index contributed by atoms with van der Waals surface area (Å²) in [5, 5.41) is 4.61. The molecular formula is C15H17N5OS. The van der Waals surface area contributed by atoms with Crippen LogP contribution in [0.15, 0.2) is 46.2 Å². The molecule has 0 bridgehead atoms. The predicted molar refractivity (Wildman–Crippen MR) is 85.8 cm³/mol. The molecule has 1 atom stereocenters. The number of nitrogen functional groups attached to an aromatic ring is 1. The highest BCUT2D eigenvalue weighted by Gasteiger charge is 2.18. The zero-order chi connectivity index (χ0) is 15.5. The van der Waals surface area contributed by atoms with Crippen molar-refractivity contribution in [3.8, 4) is 11.3 Å². The summed E-state index contributed by atoms with van der Waals surface area (Å²) in [4.78, 5) is 8.93. The molecule has 0 radical (unpaired) electrons. The molecule has 22 heavy (non-hydrogen) atoms. The molecule has 0 fully saturated rings. The van der Waals surface area contributed by atoms with Crippen LogP contribution in [-0.2, 0) is 6.42 Å². The Labute approximate surface area is 132 Å². The number of hydrogen-bond donors (Lipinski definition) is 1. The molecule has 2 aromatic heterocycles. The Balaban J connectivity index is 1.79. The third-order valence-electron chi connectivity index (χ3n) is 3.20. The second kappa shape index (κ2) is 6.23. The van der Waals surface area contributed by atoms with Gasteiger partial charge in [-0.25, -0.2) is 9.66 Å². The van der Waals surface area contributed by atoms with Crippen LogP contribution >= 0.6 is 11.8 Å². The van der Waals surface area contributed by atoms with Gasteiger partial charge in [0.15, 0.2) is 11.0 Å². The van der Waals surface area contributed by atoms with E-state index in [1.165, 1.54) is 16.4 Å². The van der Waals surface area contributed by atoms with E-state index in [9.17, 15) is 0 Å². The first-order valence-corrected chi connectivity index (χ1v) is 7.94. The molecule has 2 heterocycles. The highest BCUT2D eigenvalue weighted by atomic mass is 32.2. The number of nitrogens with zero attached hydrogens (tertiary/aromatic N) is 4. The number of hydrogen-bond acceptors (Lipinski definition) is 6. The van der Waals surface area contributed by atoms with Gasteiger partial charge in [-0.15, -0.1) is 0 Å².